The summed E-state index contributed by atoms with van der Waals surface area (Å²) >= 11 is 6.49. The van der Waals surface area contributed by atoms with Crippen molar-refractivity contribution >= 4 is 51.4 Å². The normalized spacial score (nSPS) is 15.6. The molecule has 0 aliphatic carbocycles. The van der Waals surface area contributed by atoms with E-state index in [0.717, 1.165) is 20.8 Å². The molecule has 0 radical (unpaired) electrons. The van der Waals surface area contributed by atoms with Crippen molar-refractivity contribution in [3.63, 3.8) is 0 Å². The van der Waals surface area contributed by atoms with Crippen LogP contribution in [0.15, 0.2) is 45.1 Å². The van der Waals surface area contributed by atoms with Gasteiger partial charge in [0.15, 0.2) is 5.16 Å². The van der Waals surface area contributed by atoms with Gasteiger partial charge < -0.3 is 9.64 Å². The van der Waals surface area contributed by atoms with Crippen LogP contribution >= 0.6 is 39.5 Å². The Labute approximate surface area is 163 Å². The maximum absolute atomic E-state index is 12.8. The molecule has 8 heteroatoms. The van der Waals surface area contributed by atoms with E-state index >= 15 is 0 Å². The zero-order valence-electron chi connectivity index (χ0n) is 13.7. The molecule has 0 saturated carbocycles. The first kappa shape index (κ1) is 18.3. The van der Waals surface area contributed by atoms with E-state index in [4.69, 9.17) is 4.74 Å². The van der Waals surface area contributed by atoms with Gasteiger partial charge in [-0.05, 0) is 36.6 Å². The third-order valence-corrected chi connectivity index (χ3v) is 5.69. The monoisotopic (exact) mass is 437 g/mol. The van der Waals surface area contributed by atoms with Crippen LogP contribution in [0.2, 0.25) is 0 Å². The molecule has 0 N–H and O–H groups in total. The minimum Gasteiger partial charge on any atom is -0.480 e. The van der Waals surface area contributed by atoms with Gasteiger partial charge >= 0.3 is 0 Å². The summed E-state index contributed by atoms with van der Waals surface area (Å²) in [6.07, 6.45) is 5.56. The van der Waals surface area contributed by atoms with Gasteiger partial charge in [0.25, 0.3) is 5.91 Å². The van der Waals surface area contributed by atoms with Crippen LogP contribution in [0, 0.1) is 0 Å². The number of carbonyl (C=O) groups excluding carboxylic acids is 1. The standard InChI is InChI=1S/C17H16BrN3O2S2/c1-23-15-12(10-19-17(20-15)24-2)9-14-21(7-8-25-14)16(22)11-3-5-13(18)6-4-11/h3-6,9-10H,7-8H2,1-2H3/b14-9+. The number of carbonyl (C=O) groups is 1. The fourth-order valence-corrected chi connectivity index (χ4v) is 3.97. The highest BCUT2D eigenvalue weighted by atomic mass is 79.9. The second-order valence-corrected chi connectivity index (χ2v) is 7.92. The van der Waals surface area contributed by atoms with Gasteiger partial charge in [0.1, 0.15) is 0 Å². The average Bonchev–Trinajstić information content (AvgIpc) is 3.10. The van der Waals surface area contributed by atoms with E-state index in [9.17, 15) is 4.79 Å². The Morgan fingerprint density at radius 1 is 1.40 bits per heavy atom. The number of halogens is 1. The van der Waals surface area contributed by atoms with E-state index in [1.165, 1.54) is 11.8 Å². The van der Waals surface area contributed by atoms with Crippen LogP contribution in [0.25, 0.3) is 6.08 Å². The molecule has 0 unspecified atom stereocenters. The van der Waals surface area contributed by atoms with Crippen molar-refractivity contribution < 1.29 is 9.53 Å². The number of rotatable bonds is 4. The molecular formula is C17H16BrN3O2S2. The maximum Gasteiger partial charge on any atom is 0.258 e. The molecule has 5 nitrogen and oxygen atoms in total. The lowest BCUT2D eigenvalue weighted by Crippen LogP contribution is -2.26. The second-order valence-electron chi connectivity index (χ2n) is 5.12. The molecule has 0 bridgehead atoms. The van der Waals surface area contributed by atoms with E-state index in [1.807, 2.05) is 36.6 Å². The highest BCUT2D eigenvalue weighted by Gasteiger charge is 2.25. The third kappa shape index (κ3) is 4.19. The summed E-state index contributed by atoms with van der Waals surface area (Å²) in [6.45, 7) is 0.678. The van der Waals surface area contributed by atoms with Gasteiger partial charge in [-0.15, -0.1) is 11.8 Å². The molecule has 1 aromatic carbocycles. The number of hydrogen-bond donors (Lipinski definition) is 0. The molecule has 2 heterocycles. The van der Waals surface area contributed by atoms with Crippen molar-refractivity contribution in [1.82, 2.24) is 14.9 Å². The van der Waals surface area contributed by atoms with Crippen LogP contribution in [0.4, 0.5) is 0 Å². The second kappa shape index (κ2) is 8.25. The predicted octanol–water partition coefficient (Wildman–Crippen LogP) is 4.16. The molecule has 2 aromatic rings. The summed E-state index contributed by atoms with van der Waals surface area (Å²) in [5.74, 6) is 1.36. The number of thioether (sulfide) groups is 2. The molecule has 1 saturated heterocycles. The van der Waals surface area contributed by atoms with Crippen LogP contribution in [0.1, 0.15) is 15.9 Å². The number of hydrogen-bond acceptors (Lipinski definition) is 6. The Bertz CT molecular complexity index is 812. The van der Waals surface area contributed by atoms with Crippen molar-refractivity contribution in [2.24, 2.45) is 0 Å². The Morgan fingerprint density at radius 2 is 2.16 bits per heavy atom. The summed E-state index contributed by atoms with van der Waals surface area (Å²) in [5, 5.41) is 1.53. The zero-order valence-corrected chi connectivity index (χ0v) is 16.9. The topological polar surface area (TPSA) is 55.3 Å². The summed E-state index contributed by atoms with van der Waals surface area (Å²) in [7, 11) is 1.58. The average molecular weight is 438 g/mol. The first-order valence-corrected chi connectivity index (χ1v) is 10.5. The van der Waals surface area contributed by atoms with Crippen molar-refractivity contribution in [1.29, 1.82) is 0 Å². The molecule has 25 heavy (non-hydrogen) atoms. The van der Waals surface area contributed by atoms with Crippen molar-refractivity contribution in [3.05, 3.63) is 51.1 Å². The molecule has 1 aliphatic rings. The van der Waals surface area contributed by atoms with Gasteiger partial charge in [-0.25, -0.2) is 4.98 Å². The van der Waals surface area contributed by atoms with Gasteiger partial charge in [0, 0.05) is 28.5 Å². The summed E-state index contributed by atoms with van der Waals surface area (Å²) in [6, 6.07) is 7.39. The van der Waals surface area contributed by atoms with Crippen LogP contribution in [0.3, 0.4) is 0 Å². The van der Waals surface area contributed by atoms with Crippen molar-refractivity contribution in [2.75, 3.05) is 25.7 Å². The number of nitrogens with zero attached hydrogens (tertiary/aromatic N) is 3. The lowest BCUT2D eigenvalue weighted by molar-refractivity contribution is 0.0831. The zero-order chi connectivity index (χ0) is 17.8. The first-order chi connectivity index (χ1) is 12.1. The van der Waals surface area contributed by atoms with Crippen LogP contribution in [-0.2, 0) is 0 Å². The highest BCUT2D eigenvalue weighted by molar-refractivity contribution is 9.10. The smallest absolute Gasteiger partial charge is 0.258 e. The molecule has 0 spiro atoms. The third-order valence-electron chi connectivity index (χ3n) is 3.58. The largest absolute Gasteiger partial charge is 0.480 e. The van der Waals surface area contributed by atoms with Crippen molar-refractivity contribution in [3.8, 4) is 5.88 Å². The molecular weight excluding hydrogens is 422 g/mol. The SMILES string of the molecule is COc1nc(SC)ncc1/C=C1/SCCN1C(=O)c1ccc(Br)cc1. The molecule has 1 fully saturated rings. The minimum atomic E-state index is -0.00984. The van der Waals surface area contributed by atoms with Gasteiger partial charge in [-0.3, -0.25) is 4.79 Å². The van der Waals surface area contributed by atoms with E-state index in [2.05, 4.69) is 25.9 Å². The lowest BCUT2D eigenvalue weighted by Gasteiger charge is -2.17. The van der Waals surface area contributed by atoms with E-state index < -0.39 is 0 Å². The number of amides is 1. The first-order valence-electron chi connectivity index (χ1n) is 7.49. The number of ether oxygens (including phenoxy) is 1. The number of aromatic nitrogens is 2. The Hall–Kier alpha value is -1.51. The van der Waals surface area contributed by atoms with Gasteiger partial charge in [0.2, 0.25) is 5.88 Å². The van der Waals surface area contributed by atoms with Crippen LogP contribution in [0.5, 0.6) is 5.88 Å². The Morgan fingerprint density at radius 3 is 2.84 bits per heavy atom. The van der Waals surface area contributed by atoms with Crippen LogP contribution < -0.4 is 4.74 Å². The fourth-order valence-electron chi connectivity index (χ4n) is 2.35. The highest BCUT2D eigenvalue weighted by Crippen LogP contribution is 2.33. The molecule has 0 atom stereocenters. The molecule has 130 valence electrons. The Balaban J connectivity index is 1.89. The van der Waals surface area contributed by atoms with E-state index in [1.54, 1.807) is 30.0 Å². The van der Waals surface area contributed by atoms with Gasteiger partial charge in [-0.2, -0.15) is 4.98 Å². The molecule has 1 aromatic heterocycles. The van der Waals surface area contributed by atoms with Crippen molar-refractivity contribution in [2.45, 2.75) is 5.16 Å². The minimum absolute atomic E-state index is 0.00984. The van der Waals surface area contributed by atoms with Gasteiger partial charge in [0.05, 0.1) is 17.7 Å². The number of methoxy groups -OCH3 is 1. The lowest BCUT2D eigenvalue weighted by atomic mass is 10.2. The quantitative estimate of drug-likeness (QED) is 0.528. The fraction of sp³-hybridized carbons (Fsp3) is 0.235. The Kier molecular flexibility index (Phi) is 6.03. The van der Waals surface area contributed by atoms with E-state index in [-0.39, 0.29) is 5.91 Å². The van der Waals surface area contributed by atoms with E-state index in [0.29, 0.717) is 23.1 Å². The summed E-state index contributed by atoms with van der Waals surface area (Å²) < 4.78 is 6.32. The molecule has 1 amide bonds. The summed E-state index contributed by atoms with van der Waals surface area (Å²) in [4.78, 5) is 23.2. The number of benzene rings is 1. The summed E-state index contributed by atoms with van der Waals surface area (Å²) in [5.41, 5.74) is 1.43. The maximum atomic E-state index is 12.8. The predicted molar refractivity (Wildman–Crippen MR) is 106 cm³/mol. The molecule has 1 aliphatic heterocycles. The van der Waals surface area contributed by atoms with Crippen LogP contribution in [-0.4, -0.2) is 46.4 Å². The van der Waals surface area contributed by atoms with Gasteiger partial charge in [-0.1, -0.05) is 27.7 Å². The molecule has 3 rings (SSSR count).